The minimum absolute atomic E-state index is 0.0827. The summed E-state index contributed by atoms with van der Waals surface area (Å²) < 4.78 is 26.1. The minimum Gasteiger partial charge on any atom is -0.267 e. The number of hydrogen-bond acceptors (Lipinski definition) is 4. The van der Waals surface area contributed by atoms with Gasteiger partial charge in [-0.25, -0.2) is 13.8 Å². The zero-order valence-electron chi connectivity index (χ0n) is 18.4. The maximum atomic E-state index is 12.5. The summed E-state index contributed by atoms with van der Waals surface area (Å²) in [4.78, 5) is 12.5. The van der Waals surface area contributed by atoms with E-state index in [4.69, 9.17) is 11.6 Å². The Hall–Kier alpha value is -3.68. The highest BCUT2D eigenvalue weighted by atomic mass is 35.5. The number of benzene rings is 4. The average molecular weight is 492 g/mol. The number of hydrogen-bond donors (Lipinski definition) is 1. The Labute approximate surface area is 203 Å². The van der Waals surface area contributed by atoms with Gasteiger partial charge in [-0.15, -0.1) is 0 Å². The zero-order valence-corrected chi connectivity index (χ0v) is 19.9. The highest BCUT2D eigenvalue weighted by Gasteiger charge is 2.19. The van der Waals surface area contributed by atoms with Crippen molar-refractivity contribution in [3.8, 4) is 0 Å². The molecule has 0 unspecified atom stereocenters. The lowest BCUT2D eigenvalue weighted by atomic mass is 10.1. The molecule has 0 radical (unpaired) electrons. The number of halogens is 1. The number of hydrazone groups is 1. The first-order chi connectivity index (χ1) is 16.3. The van der Waals surface area contributed by atoms with Crippen molar-refractivity contribution in [3.05, 3.63) is 113 Å². The van der Waals surface area contributed by atoms with Gasteiger partial charge >= 0.3 is 0 Å². The van der Waals surface area contributed by atoms with E-state index in [2.05, 4.69) is 10.5 Å². The largest absolute Gasteiger partial charge is 0.271 e. The van der Waals surface area contributed by atoms with Crippen molar-refractivity contribution in [1.29, 1.82) is 0 Å². The van der Waals surface area contributed by atoms with Crippen LogP contribution in [-0.4, -0.2) is 26.8 Å². The summed E-state index contributed by atoms with van der Waals surface area (Å²) in [6, 6.07) is 27.1. The molecule has 172 valence electrons. The van der Waals surface area contributed by atoms with Crippen LogP contribution in [0.25, 0.3) is 10.8 Å². The van der Waals surface area contributed by atoms with Gasteiger partial charge in [-0.2, -0.15) is 5.10 Å². The molecule has 0 aliphatic heterocycles. The molecule has 34 heavy (non-hydrogen) atoms. The van der Waals surface area contributed by atoms with Gasteiger partial charge in [0.05, 0.1) is 24.7 Å². The molecule has 1 amide bonds. The minimum atomic E-state index is -3.58. The monoisotopic (exact) mass is 491 g/mol. The van der Waals surface area contributed by atoms with Gasteiger partial charge in [0.1, 0.15) is 0 Å². The molecule has 0 bridgehead atoms. The van der Waals surface area contributed by atoms with Crippen molar-refractivity contribution in [3.63, 3.8) is 0 Å². The van der Waals surface area contributed by atoms with Crippen molar-refractivity contribution >= 4 is 50.2 Å². The predicted molar refractivity (Wildman–Crippen MR) is 138 cm³/mol. The number of nitrogens with one attached hydrogen (secondary N) is 1. The fourth-order valence-corrected chi connectivity index (χ4v) is 4.62. The van der Waals surface area contributed by atoms with Gasteiger partial charge < -0.3 is 0 Å². The summed E-state index contributed by atoms with van der Waals surface area (Å²) in [5.41, 5.74) is 4.87. The van der Waals surface area contributed by atoms with Crippen LogP contribution in [0, 0.1) is 0 Å². The molecule has 4 aromatic carbocycles. The third-order valence-corrected chi connectivity index (χ3v) is 6.79. The van der Waals surface area contributed by atoms with Gasteiger partial charge in [-0.1, -0.05) is 72.3 Å². The van der Waals surface area contributed by atoms with E-state index in [1.807, 2.05) is 42.5 Å². The van der Waals surface area contributed by atoms with E-state index < -0.39 is 15.9 Å². The van der Waals surface area contributed by atoms with E-state index in [-0.39, 0.29) is 6.54 Å². The summed E-state index contributed by atoms with van der Waals surface area (Å²) in [7, 11) is -3.58. The molecular formula is C26H22ClN3O3S. The molecule has 4 rings (SSSR count). The SMILES string of the molecule is CS(=O)(=O)N(Cc1ccccc1Cl)c1ccc(C(=O)N/N=C\c2cccc3ccccc23)cc1. The van der Waals surface area contributed by atoms with Crippen LogP contribution < -0.4 is 9.73 Å². The maximum Gasteiger partial charge on any atom is 0.271 e. The molecule has 0 aliphatic rings. The molecular weight excluding hydrogens is 470 g/mol. The molecule has 4 aromatic rings. The number of sulfonamides is 1. The van der Waals surface area contributed by atoms with E-state index in [1.54, 1.807) is 54.7 Å². The fourth-order valence-electron chi connectivity index (χ4n) is 3.55. The first kappa shape index (κ1) is 23.5. The van der Waals surface area contributed by atoms with Crippen molar-refractivity contribution in [2.75, 3.05) is 10.6 Å². The molecule has 8 heteroatoms. The quantitative estimate of drug-likeness (QED) is 0.284. The Balaban J connectivity index is 1.49. The molecule has 0 spiro atoms. The summed E-state index contributed by atoms with van der Waals surface area (Å²) >= 11 is 6.21. The molecule has 0 atom stereocenters. The molecule has 0 saturated heterocycles. The summed E-state index contributed by atoms with van der Waals surface area (Å²) in [5.74, 6) is -0.403. The van der Waals surface area contributed by atoms with Gasteiger partial charge in [0.2, 0.25) is 10.0 Å². The first-order valence-corrected chi connectivity index (χ1v) is 12.7. The average Bonchev–Trinajstić information content (AvgIpc) is 2.83. The van der Waals surface area contributed by atoms with E-state index in [1.165, 1.54) is 4.31 Å². The lowest BCUT2D eigenvalue weighted by molar-refractivity contribution is 0.0955. The highest BCUT2D eigenvalue weighted by molar-refractivity contribution is 7.92. The van der Waals surface area contributed by atoms with Crippen LogP contribution in [0.2, 0.25) is 5.02 Å². The number of fused-ring (bicyclic) bond motifs is 1. The number of carbonyl (C=O) groups excluding carboxylic acids is 1. The second-order valence-electron chi connectivity index (χ2n) is 7.68. The van der Waals surface area contributed by atoms with Gasteiger partial charge in [0.15, 0.2) is 0 Å². The molecule has 0 aromatic heterocycles. The third kappa shape index (κ3) is 5.44. The van der Waals surface area contributed by atoms with Crippen LogP contribution in [0.3, 0.4) is 0 Å². The van der Waals surface area contributed by atoms with Gasteiger partial charge in [-0.3, -0.25) is 9.10 Å². The van der Waals surface area contributed by atoms with Gasteiger partial charge in [0.25, 0.3) is 5.91 Å². The number of anilines is 1. The van der Waals surface area contributed by atoms with Crippen LogP contribution >= 0.6 is 11.6 Å². The van der Waals surface area contributed by atoms with Crippen molar-refractivity contribution in [2.24, 2.45) is 5.10 Å². The molecule has 0 heterocycles. The van der Waals surface area contributed by atoms with Crippen LogP contribution in [0.5, 0.6) is 0 Å². The van der Waals surface area contributed by atoms with Gasteiger partial charge in [0, 0.05) is 16.1 Å². The highest BCUT2D eigenvalue weighted by Crippen LogP contribution is 2.24. The van der Waals surface area contributed by atoms with Crippen LogP contribution in [0.1, 0.15) is 21.5 Å². The Kier molecular flexibility index (Phi) is 6.95. The lowest BCUT2D eigenvalue weighted by Gasteiger charge is -2.23. The van der Waals surface area contributed by atoms with E-state index in [0.717, 1.165) is 22.6 Å². The Morgan fingerprint density at radius 2 is 1.62 bits per heavy atom. The molecule has 1 N–H and O–H groups in total. The second-order valence-corrected chi connectivity index (χ2v) is 9.99. The van der Waals surface area contributed by atoms with Crippen molar-refractivity contribution in [1.82, 2.24) is 5.43 Å². The summed E-state index contributed by atoms with van der Waals surface area (Å²) in [6.45, 7) is 0.0827. The van der Waals surface area contributed by atoms with E-state index >= 15 is 0 Å². The topological polar surface area (TPSA) is 78.8 Å². The van der Waals surface area contributed by atoms with Crippen molar-refractivity contribution in [2.45, 2.75) is 6.54 Å². The summed E-state index contributed by atoms with van der Waals surface area (Å²) in [6.07, 6.45) is 2.73. The number of rotatable bonds is 7. The molecule has 0 aliphatic carbocycles. The van der Waals surface area contributed by atoms with Gasteiger partial charge in [-0.05, 0) is 46.7 Å². The Morgan fingerprint density at radius 3 is 2.35 bits per heavy atom. The number of amides is 1. The van der Waals surface area contributed by atoms with Crippen molar-refractivity contribution < 1.29 is 13.2 Å². The maximum absolute atomic E-state index is 12.5. The number of nitrogens with zero attached hydrogens (tertiary/aromatic N) is 2. The zero-order chi connectivity index (χ0) is 24.1. The Bertz CT molecular complexity index is 1460. The van der Waals surface area contributed by atoms with Crippen LogP contribution in [-0.2, 0) is 16.6 Å². The first-order valence-electron chi connectivity index (χ1n) is 10.5. The van der Waals surface area contributed by atoms with Crippen LogP contribution in [0.15, 0.2) is 96.1 Å². The Morgan fingerprint density at radius 1 is 0.941 bits per heavy atom. The molecule has 0 fully saturated rings. The third-order valence-electron chi connectivity index (χ3n) is 5.28. The molecule has 6 nitrogen and oxygen atoms in total. The second kappa shape index (κ2) is 10.1. The molecule has 0 saturated carbocycles. The standard InChI is InChI=1S/C26H22ClN3O3S/c1-34(32,33)30(18-22-8-3-5-12-25(22)27)23-15-13-20(14-16-23)26(31)29-28-17-21-10-6-9-19-7-2-4-11-24(19)21/h2-17H,18H2,1H3,(H,29,31)/b28-17-. The number of carbonyl (C=O) groups is 1. The summed E-state index contributed by atoms with van der Waals surface area (Å²) in [5, 5.41) is 6.69. The van der Waals surface area contributed by atoms with Crippen LogP contribution in [0.4, 0.5) is 5.69 Å². The normalized spacial score (nSPS) is 11.6. The van der Waals surface area contributed by atoms with E-state index in [9.17, 15) is 13.2 Å². The predicted octanol–water partition coefficient (Wildman–Crippen LogP) is 5.22. The smallest absolute Gasteiger partial charge is 0.267 e. The fraction of sp³-hybridized carbons (Fsp3) is 0.0769. The van der Waals surface area contributed by atoms with E-state index in [0.29, 0.717) is 21.8 Å². The lowest BCUT2D eigenvalue weighted by Crippen LogP contribution is -2.29.